The van der Waals surface area contributed by atoms with Crippen LogP contribution in [0.3, 0.4) is 0 Å². The van der Waals surface area contributed by atoms with E-state index in [2.05, 4.69) is 26.1 Å². The van der Waals surface area contributed by atoms with Crippen LogP contribution in [-0.4, -0.2) is 137 Å². The maximum absolute atomic E-state index is 12.4. The second-order valence-electron chi connectivity index (χ2n) is 39.0. The van der Waals surface area contributed by atoms with Gasteiger partial charge >= 0.3 is 47.8 Å². The Hall–Kier alpha value is -6.81. The second kappa shape index (κ2) is 43.4. The number of amides is 1. The van der Waals surface area contributed by atoms with E-state index in [1.54, 1.807) is 36.4 Å². The van der Waals surface area contributed by atoms with Crippen molar-refractivity contribution in [1.82, 2.24) is 0 Å². The summed E-state index contributed by atoms with van der Waals surface area (Å²) in [5.74, 6) is 4.09. The van der Waals surface area contributed by atoms with Crippen LogP contribution in [0.1, 0.15) is 318 Å². The number of aromatic hydroxyl groups is 2. The topological polar surface area (TPSA) is 320 Å². The maximum Gasteiger partial charge on any atom is 0.312 e. The van der Waals surface area contributed by atoms with Gasteiger partial charge in [0.2, 0.25) is 5.91 Å². The number of hydrogen-bond donors (Lipinski definition) is 5. The molecule has 9 saturated carbocycles. The van der Waals surface area contributed by atoms with E-state index in [4.69, 9.17) is 58.3 Å². The minimum Gasteiger partial charge on any atom is -0.508 e. The van der Waals surface area contributed by atoms with E-state index < -0.39 is 21.7 Å². The smallest absolute Gasteiger partial charge is 0.312 e. The van der Waals surface area contributed by atoms with Gasteiger partial charge in [0.05, 0.1) is 57.5 Å². The molecule has 0 aromatic heterocycles. The number of nitrogens with one attached hydrogen (secondary N) is 1. The Balaban J connectivity index is 0.000000239. The molecule has 2 aromatic carbocycles. The van der Waals surface area contributed by atoms with E-state index in [9.17, 15) is 43.2 Å². The molecule has 0 radical (unpaired) electrons. The number of hydrogen-bond acceptors (Lipinski definition) is 21. The molecule has 11 aliphatic rings. The highest BCUT2D eigenvalue weighted by molar-refractivity contribution is 5.94. The molecule has 22 nitrogen and oxygen atoms in total. The van der Waals surface area contributed by atoms with Gasteiger partial charge in [-0.25, -0.2) is 0 Å². The van der Waals surface area contributed by atoms with Gasteiger partial charge in [0, 0.05) is 34.8 Å². The van der Waals surface area contributed by atoms with Gasteiger partial charge in [-0.1, -0.05) is 94.7 Å². The third kappa shape index (κ3) is 27.4. The number of benzene rings is 2. The van der Waals surface area contributed by atoms with Crippen molar-refractivity contribution in [3.8, 4) is 11.5 Å². The van der Waals surface area contributed by atoms with Crippen LogP contribution in [0.15, 0.2) is 48.5 Å². The average molecular weight is 1630 g/mol. The number of esters is 8. The lowest BCUT2D eigenvalue weighted by atomic mass is 9.54. The molecule has 1 amide bonds. The van der Waals surface area contributed by atoms with E-state index in [1.807, 2.05) is 151 Å². The highest BCUT2D eigenvalue weighted by atomic mass is 16.6. The monoisotopic (exact) mass is 1630 g/mol. The van der Waals surface area contributed by atoms with Crippen LogP contribution in [0.25, 0.3) is 0 Å². The normalized spacial score (nSPS) is 26.4. The highest BCUT2D eigenvalue weighted by Crippen LogP contribution is 2.59. The summed E-state index contributed by atoms with van der Waals surface area (Å²) < 4.78 is 43.2. The molecule has 0 spiro atoms. The first-order valence-corrected chi connectivity index (χ1v) is 43.9. The number of anilines is 1. The number of phenolic OH excluding ortho intramolecular Hbond substituents is 2. The number of phenols is 2. The molecule has 2 aliphatic heterocycles. The Bertz CT molecular complexity index is 3350. The molecular weight excluding hydrogens is 1480 g/mol. The number of carbonyl (C=O) groups is 9. The van der Waals surface area contributed by atoms with Gasteiger partial charge in [0.1, 0.15) is 60.8 Å². The lowest BCUT2D eigenvalue weighted by Crippen LogP contribution is -2.53. The van der Waals surface area contributed by atoms with Crippen LogP contribution in [-0.2, 0) is 81.0 Å². The van der Waals surface area contributed by atoms with Gasteiger partial charge in [-0.2, -0.15) is 0 Å². The highest BCUT2D eigenvalue weighted by Gasteiger charge is 2.65. The summed E-state index contributed by atoms with van der Waals surface area (Å²) in [4.78, 5) is 106. The van der Waals surface area contributed by atoms with Gasteiger partial charge in [-0.05, 0) is 290 Å². The van der Waals surface area contributed by atoms with Crippen LogP contribution in [0.2, 0.25) is 0 Å². The lowest BCUT2D eigenvalue weighted by molar-refractivity contribution is -0.196. The zero-order valence-corrected chi connectivity index (χ0v) is 75.1. The predicted molar refractivity (Wildman–Crippen MR) is 447 cm³/mol. The van der Waals surface area contributed by atoms with Gasteiger partial charge < -0.3 is 63.6 Å². The SMILES string of the molecule is CCC(C)(C)C(=O)Nc1ccc(O)cc1.CCC(C)(C)C(=O)OC12CC3CC(CC(C3)C1)C2.CCC(C)(C)C(=O)OC1C2CC3C(=O)OC1C3C2.CCC(C)(C)C(=O)OC1C2CC3C(=O)OC1C3C2.CCC(C)(C)C(=O)OC1CCCCC1.CCC(C)(C)C(=O)OCCO.CCC(C)(C)C(=O)OCCO.CCC(C)c1ccc(O)cc1. The number of ether oxygens (including phenoxy) is 8. The van der Waals surface area contributed by atoms with Crippen LogP contribution < -0.4 is 5.32 Å². The predicted octanol–water partition coefficient (Wildman–Crippen LogP) is 18.7. The standard InChI is InChI=1S/C16H26O2.2C14H20O4.C12H17NO2.C12H22O2.C10H14O.2C8H16O3/c1-4-15(2,3)14(17)18-16-8-11-5-12(9-16)7-13(6-11)10-16;2*1-4-14(2,3)13(16)18-10-7-5-8-9(6-7)12(15)17-11(8)10;1-4-12(2,3)11(15)13-9-5-7-10(14)8-6-9;1-4-12(2,3)11(13)14-10-8-6-5-7-9-10;1-3-8(2)9-4-6-10(11)7-5-9;2*1-4-8(2,3)7(10)11-6-5-9/h11-13H,4-10H2,1-3H3;2*7-11H,4-6H2,1-3H3;5-8,14H,4H2,1-3H3,(H,13,15);10H,4-9H2,1-3H3;4-8,11H,3H2,1-2H3;2*9H,4-6H2,1-3H3. The van der Waals surface area contributed by atoms with Crippen LogP contribution in [0.4, 0.5) is 5.69 Å². The molecule has 116 heavy (non-hydrogen) atoms. The maximum atomic E-state index is 12.4. The molecule has 13 rings (SSSR count). The van der Waals surface area contributed by atoms with Crippen LogP contribution in [0, 0.1) is 91.2 Å². The number of rotatable bonds is 25. The van der Waals surface area contributed by atoms with Gasteiger partial charge in [-0.15, -0.1) is 0 Å². The van der Waals surface area contributed by atoms with Crippen molar-refractivity contribution in [1.29, 1.82) is 0 Å². The minimum atomic E-state index is -0.455. The van der Waals surface area contributed by atoms with E-state index in [-0.39, 0.29) is 150 Å². The first-order chi connectivity index (χ1) is 54.1. The van der Waals surface area contributed by atoms with Gasteiger partial charge in [-0.3, -0.25) is 43.2 Å². The molecule has 11 fully saturated rings. The molecule has 2 saturated heterocycles. The summed E-state index contributed by atoms with van der Waals surface area (Å²) >= 11 is 0. The summed E-state index contributed by atoms with van der Waals surface area (Å²) in [6, 6.07) is 13.9. The number of carbonyl (C=O) groups excluding carboxylic acids is 9. The third-order valence-corrected chi connectivity index (χ3v) is 27.4. The summed E-state index contributed by atoms with van der Waals surface area (Å²) in [5, 5.41) is 37.7. The summed E-state index contributed by atoms with van der Waals surface area (Å²) in [6.45, 7) is 44.9. The van der Waals surface area contributed by atoms with E-state index in [0.29, 0.717) is 41.0 Å². The van der Waals surface area contributed by atoms with Crippen molar-refractivity contribution in [2.45, 2.75) is 349 Å². The molecule has 5 N–H and O–H groups in total. The Morgan fingerprint density at radius 2 is 0.784 bits per heavy atom. The van der Waals surface area contributed by atoms with Crippen molar-refractivity contribution in [2.24, 2.45) is 91.2 Å². The second-order valence-corrected chi connectivity index (χ2v) is 39.0. The summed E-state index contributed by atoms with van der Waals surface area (Å²) in [6.07, 6.45) is 23.2. The Labute approximate surface area is 694 Å². The van der Waals surface area contributed by atoms with Crippen molar-refractivity contribution in [2.75, 3.05) is 31.7 Å². The Morgan fingerprint density at radius 1 is 0.448 bits per heavy atom. The van der Waals surface area contributed by atoms with Crippen LogP contribution >= 0.6 is 0 Å². The first kappa shape index (κ1) is 99.8. The fraction of sp³-hybridized carbons (Fsp3) is 0.777. The summed E-state index contributed by atoms with van der Waals surface area (Å²) in [7, 11) is 0. The molecule has 658 valence electrons. The van der Waals surface area contributed by atoms with E-state index in [1.165, 1.54) is 44.1 Å². The van der Waals surface area contributed by atoms with Crippen molar-refractivity contribution < 1.29 is 101 Å². The van der Waals surface area contributed by atoms with Gasteiger partial charge in [0.25, 0.3) is 0 Å². The van der Waals surface area contributed by atoms with Crippen molar-refractivity contribution >= 4 is 59.3 Å². The largest absolute Gasteiger partial charge is 0.508 e. The molecule has 9 aliphatic carbocycles. The summed E-state index contributed by atoms with van der Waals surface area (Å²) in [5.41, 5.74) is -0.806. The molecule has 8 bridgehead atoms. The van der Waals surface area contributed by atoms with Crippen molar-refractivity contribution in [3.05, 3.63) is 54.1 Å². The number of fused-ring (bicyclic) bond motifs is 2. The Morgan fingerprint density at radius 3 is 1.13 bits per heavy atom. The number of aliphatic hydroxyl groups excluding tert-OH is 2. The molecule has 2 heterocycles. The third-order valence-electron chi connectivity index (χ3n) is 27.4. The average Bonchev–Trinajstić information content (AvgIpc) is 1.27. The van der Waals surface area contributed by atoms with E-state index in [0.717, 1.165) is 127 Å². The lowest BCUT2D eigenvalue weighted by Gasteiger charge is -2.56. The molecule has 11 unspecified atom stereocenters. The Kier molecular flexibility index (Phi) is 37.3. The molecule has 11 atom stereocenters. The fourth-order valence-electron chi connectivity index (χ4n) is 16.3. The minimum absolute atomic E-state index is 0.00399. The first-order valence-electron chi connectivity index (χ1n) is 43.9. The molecule has 2 aromatic rings. The van der Waals surface area contributed by atoms with E-state index >= 15 is 0 Å². The van der Waals surface area contributed by atoms with Crippen LogP contribution in [0.5, 0.6) is 11.5 Å². The number of aliphatic hydroxyl groups is 2. The molecule has 22 heteroatoms. The molecular formula is C94H151NO21. The van der Waals surface area contributed by atoms with Gasteiger partial charge in [0.15, 0.2) is 0 Å². The zero-order chi connectivity index (χ0) is 87.3. The zero-order valence-electron chi connectivity index (χ0n) is 75.1. The quantitative estimate of drug-likeness (QED) is 0.0350. The fourth-order valence-corrected chi connectivity index (χ4v) is 16.3. The van der Waals surface area contributed by atoms with Crippen molar-refractivity contribution in [3.63, 3.8) is 0 Å².